The number of nitrogens with two attached hydrogens (primary N) is 1. The molecule has 2 amide bonds. The fraction of sp³-hybridized carbons (Fsp3) is 0.0417. The number of hydrogen-bond donors (Lipinski definition) is 2. The summed E-state index contributed by atoms with van der Waals surface area (Å²) in [5.74, 6) is -0.802. The van der Waals surface area contributed by atoms with E-state index in [1.54, 1.807) is 37.3 Å². The summed E-state index contributed by atoms with van der Waals surface area (Å²) in [7, 11) is 0. The lowest BCUT2D eigenvalue weighted by molar-refractivity contribution is 0.100. The molecule has 0 radical (unpaired) electrons. The first-order valence-electron chi connectivity index (χ1n) is 9.39. The first-order chi connectivity index (χ1) is 14.9. The smallest absolute Gasteiger partial charge is 0.259 e. The summed E-state index contributed by atoms with van der Waals surface area (Å²) in [4.78, 5) is 37.9. The van der Waals surface area contributed by atoms with Crippen molar-refractivity contribution in [2.45, 2.75) is 6.92 Å². The van der Waals surface area contributed by atoms with E-state index in [4.69, 9.17) is 10.2 Å². The molecule has 3 N–H and O–H groups in total. The van der Waals surface area contributed by atoms with E-state index >= 15 is 0 Å². The minimum absolute atomic E-state index is 0.158. The van der Waals surface area contributed by atoms with Gasteiger partial charge >= 0.3 is 0 Å². The van der Waals surface area contributed by atoms with Gasteiger partial charge in [0.05, 0.1) is 22.2 Å². The van der Waals surface area contributed by atoms with Crippen LogP contribution in [-0.2, 0) is 0 Å². The maximum atomic E-state index is 13.1. The third-order valence-electron chi connectivity index (χ3n) is 4.92. The lowest BCUT2D eigenvalue weighted by Crippen LogP contribution is -2.19. The maximum absolute atomic E-state index is 13.1. The predicted octanol–water partition coefficient (Wildman–Crippen LogP) is 4.88. The van der Waals surface area contributed by atoms with Crippen molar-refractivity contribution in [3.8, 4) is 11.3 Å². The molecule has 6 nitrogen and oxygen atoms in total. The number of fused-ring (bicyclic) bond motifs is 1. The Hall–Kier alpha value is -3.71. The van der Waals surface area contributed by atoms with Crippen LogP contribution in [0, 0.1) is 6.92 Å². The zero-order valence-corrected chi connectivity index (χ0v) is 18.0. The van der Waals surface area contributed by atoms with Crippen LogP contribution in [0.1, 0.15) is 26.3 Å². The van der Waals surface area contributed by atoms with Gasteiger partial charge in [0.2, 0.25) is 0 Å². The zero-order chi connectivity index (χ0) is 22.1. The second-order valence-corrected chi connectivity index (χ2v) is 7.86. The molecule has 0 bridgehead atoms. The molecule has 1 heterocycles. The molecule has 0 atom stereocenters. The van der Waals surface area contributed by atoms with Crippen molar-refractivity contribution in [2.75, 3.05) is 5.32 Å². The van der Waals surface area contributed by atoms with E-state index in [0.29, 0.717) is 21.2 Å². The lowest BCUT2D eigenvalue weighted by Gasteiger charge is -2.12. The predicted molar refractivity (Wildman–Crippen MR) is 123 cm³/mol. The van der Waals surface area contributed by atoms with Crippen LogP contribution in [0.2, 0.25) is 0 Å². The van der Waals surface area contributed by atoms with Gasteiger partial charge in [0.1, 0.15) is 5.76 Å². The number of hydrogen-bond acceptors (Lipinski definition) is 4. The zero-order valence-electron chi connectivity index (χ0n) is 16.4. The van der Waals surface area contributed by atoms with Gasteiger partial charge in [0, 0.05) is 15.6 Å². The summed E-state index contributed by atoms with van der Waals surface area (Å²) < 4.78 is 6.74. The molecule has 1 aromatic heterocycles. The van der Waals surface area contributed by atoms with Crippen molar-refractivity contribution >= 4 is 44.4 Å². The molecule has 3 aromatic carbocycles. The summed E-state index contributed by atoms with van der Waals surface area (Å²) in [5.41, 5.74) is 7.18. The molecule has 0 fully saturated rings. The highest BCUT2D eigenvalue weighted by molar-refractivity contribution is 9.10. The van der Waals surface area contributed by atoms with Gasteiger partial charge in [-0.25, -0.2) is 0 Å². The van der Waals surface area contributed by atoms with Crippen molar-refractivity contribution in [2.24, 2.45) is 5.73 Å². The van der Waals surface area contributed by atoms with Gasteiger partial charge in [-0.05, 0) is 37.3 Å². The van der Waals surface area contributed by atoms with Crippen LogP contribution in [0.25, 0.3) is 22.3 Å². The summed E-state index contributed by atoms with van der Waals surface area (Å²) >= 11 is 3.28. The van der Waals surface area contributed by atoms with E-state index < -0.39 is 11.8 Å². The Balaban J connectivity index is 1.85. The maximum Gasteiger partial charge on any atom is 0.259 e. The standard InChI is InChI=1S/C24H17BrN2O4/c1-13-20(28)16-8-5-9-17(22(16)31-21(13)14-6-3-2-4-7-14)24(30)27-19-11-10-15(25)12-18(19)23(26)29/h2-12H,1H3,(H2,26,29)(H,27,30). The van der Waals surface area contributed by atoms with Crippen molar-refractivity contribution < 1.29 is 14.0 Å². The monoisotopic (exact) mass is 476 g/mol. The average molecular weight is 477 g/mol. The third-order valence-corrected chi connectivity index (χ3v) is 5.41. The normalized spacial score (nSPS) is 10.8. The van der Waals surface area contributed by atoms with E-state index in [9.17, 15) is 14.4 Å². The van der Waals surface area contributed by atoms with E-state index in [2.05, 4.69) is 21.2 Å². The number of anilines is 1. The number of halogens is 1. The molecule has 31 heavy (non-hydrogen) atoms. The largest absolute Gasteiger partial charge is 0.455 e. The molecule has 0 saturated carbocycles. The number of rotatable bonds is 4. The molecule has 7 heteroatoms. The van der Waals surface area contributed by atoms with E-state index in [1.807, 2.05) is 30.3 Å². The van der Waals surface area contributed by atoms with Gasteiger partial charge in [-0.2, -0.15) is 0 Å². The number of nitrogens with one attached hydrogen (secondary N) is 1. The van der Waals surface area contributed by atoms with Crippen molar-refractivity contribution in [1.82, 2.24) is 0 Å². The molecule has 4 aromatic rings. The van der Waals surface area contributed by atoms with Gasteiger partial charge in [-0.3, -0.25) is 14.4 Å². The summed E-state index contributed by atoms with van der Waals surface area (Å²) in [6.07, 6.45) is 0. The van der Waals surface area contributed by atoms with Gasteiger partial charge in [-0.15, -0.1) is 0 Å². The molecule has 0 aliphatic carbocycles. The minimum Gasteiger partial charge on any atom is -0.455 e. The van der Waals surface area contributed by atoms with Crippen LogP contribution < -0.4 is 16.5 Å². The molecule has 0 unspecified atom stereocenters. The molecule has 0 aliphatic heterocycles. The highest BCUT2D eigenvalue weighted by Crippen LogP contribution is 2.28. The molecule has 0 aliphatic rings. The van der Waals surface area contributed by atoms with Crippen molar-refractivity contribution in [1.29, 1.82) is 0 Å². The SMILES string of the molecule is Cc1c(-c2ccccc2)oc2c(C(=O)Nc3ccc(Br)cc3C(N)=O)cccc2c1=O. The highest BCUT2D eigenvalue weighted by Gasteiger charge is 2.20. The van der Waals surface area contributed by atoms with Crippen LogP contribution in [0.15, 0.2) is 80.4 Å². The van der Waals surface area contributed by atoms with Crippen LogP contribution in [0.3, 0.4) is 0 Å². The van der Waals surface area contributed by atoms with Crippen LogP contribution in [0.4, 0.5) is 5.69 Å². The molecule has 4 rings (SSSR count). The minimum atomic E-state index is -0.678. The summed E-state index contributed by atoms with van der Waals surface area (Å²) in [5, 5.41) is 3.00. The Morgan fingerprint density at radius 2 is 1.71 bits per heavy atom. The summed E-state index contributed by atoms with van der Waals surface area (Å²) in [6, 6.07) is 18.8. The van der Waals surface area contributed by atoms with E-state index in [-0.39, 0.29) is 27.8 Å². The summed E-state index contributed by atoms with van der Waals surface area (Å²) in [6.45, 7) is 1.70. The highest BCUT2D eigenvalue weighted by atomic mass is 79.9. The Morgan fingerprint density at radius 3 is 2.42 bits per heavy atom. The third kappa shape index (κ3) is 3.87. The second kappa shape index (κ2) is 8.20. The van der Waals surface area contributed by atoms with Gasteiger partial charge in [0.25, 0.3) is 11.8 Å². The number of carbonyl (C=O) groups excluding carboxylic acids is 2. The van der Waals surface area contributed by atoms with Crippen molar-refractivity contribution in [3.63, 3.8) is 0 Å². The van der Waals surface area contributed by atoms with E-state index in [1.165, 1.54) is 6.07 Å². The number of carbonyl (C=O) groups is 2. The molecule has 154 valence electrons. The Labute approximate surface area is 185 Å². The molecule has 0 saturated heterocycles. The van der Waals surface area contributed by atoms with E-state index in [0.717, 1.165) is 5.56 Å². The number of benzene rings is 3. The van der Waals surface area contributed by atoms with Crippen LogP contribution >= 0.6 is 15.9 Å². The van der Waals surface area contributed by atoms with Gasteiger partial charge in [-0.1, -0.05) is 52.3 Å². The first-order valence-corrected chi connectivity index (χ1v) is 10.2. The van der Waals surface area contributed by atoms with Gasteiger partial charge in [0.15, 0.2) is 11.0 Å². The molecule has 0 spiro atoms. The van der Waals surface area contributed by atoms with Crippen LogP contribution in [0.5, 0.6) is 0 Å². The Bertz CT molecular complexity index is 1390. The second-order valence-electron chi connectivity index (χ2n) is 6.94. The topological polar surface area (TPSA) is 102 Å². The Kier molecular flexibility index (Phi) is 5.44. The average Bonchev–Trinajstić information content (AvgIpc) is 2.77. The molecular formula is C24H17BrN2O4. The van der Waals surface area contributed by atoms with Crippen molar-refractivity contribution in [3.05, 3.63) is 98.1 Å². The number of para-hydroxylation sites is 1. The van der Waals surface area contributed by atoms with Gasteiger partial charge < -0.3 is 15.5 Å². The van der Waals surface area contributed by atoms with Crippen LogP contribution in [-0.4, -0.2) is 11.8 Å². The first kappa shape index (κ1) is 20.6. The quantitative estimate of drug-likeness (QED) is 0.437. The fourth-order valence-corrected chi connectivity index (χ4v) is 3.73. The lowest BCUT2D eigenvalue weighted by atomic mass is 10.0. The number of amides is 2. The molecular weight excluding hydrogens is 460 g/mol. The Morgan fingerprint density at radius 1 is 0.968 bits per heavy atom. The number of primary amides is 1. The fourth-order valence-electron chi connectivity index (χ4n) is 3.37.